The van der Waals surface area contributed by atoms with Gasteiger partial charge in [0.05, 0.1) is 12.2 Å². The highest BCUT2D eigenvalue weighted by Crippen LogP contribution is 2.15. The average molecular weight is 254 g/mol. The number of hydrogen-bond acceptors (Lipinski definition) is 3. The van der Waals surface area contributed by atoms with Crippen molar-refractivity contribution in [3.63, 3.8) is 0 Å². The molecule has 0 amide bonds. The van der Waals surface area contributed by atoms with Crippen LogP contribution < -0.4 is 4.74 Å². The van der Waals surface area contributed by atoms with Crippen molar-refractivity contribution in [2.45, 2.75) is 0 Å². The fourth-order valence-corrected chi connectivity index (χ4v) is 1.58. The summed E-state index contributed by atoms with van der Waals surface area (Å²) in [4.78, 5) is 11.8. The number of carbonyl (C=O) groups excluding carboxylic acids is 1. The summed E-state index contributed by atoms with van der Waals surface area (Å²) in [5, 5.41) is 8.67. The first-order valence-corrected chi connectivity index (χ1v) is 5.94. The van der Waals surface area contributed by atoms with Crippen molar-refractivity contribution in [1.82, 2.24) is 0 Å². The molecule has 0 atom stereocenters. The molecule has 96 valence electrons. The number of benzene rings is 2. The Morgan fingerprint density at radius 1 is 1.05 bits per heavy atom. The van der Waals surface area contributed by atoms with Crippen LogP contribution >= 0.6 is 0 Å². The molecule has 0 saturated heterocycles. The standard InChI is InChI=1S/C16H14O3/c17-12-4-5-13-8-10-15(11-9-13)19-16(18)14-6-2-1-3-7-14/h1-11,17H,12H2/b5-4+. The Morgan fingerprint density at radius 2 is 1.74 bits per heavy atom. The largest absolute Gasteiger partial charge is 0.423 e. The van der Waals surface area contributed by atoms with Gasteiger partial charge in [-0.05, 0) is 29.8 Å². The molecule has 0 spiro atoms. The lowest BCUT2D eigenvalue weighted by Gasteiger charge is -2.04. The van der Waals surface area contributed by atoms with Gasteiger partial charge in [0, 0.05) is 0 Å². The summed E-state index contributed by atoms with van der Waals surface area (Å²) >= 11 is 0. The van der Waals surface area contributed by atoms with Crippen LogP contribution in [0.25, 0.3) is 6.08 Å². The highest BCUT2D eigenvalue weighted by molar-refractivity contribution is 5.90. The molecule has 0 aliphatic rings. The van der Waals surface area contributed by atoms with Gasteiger partial charge in [-0.2, -0.15) is 0 Å². The minimum Gasteiger partial charge on any atom is -0.423 e. The zero-order valence-electron chi connectivity index (χ0n) is 10.3. The Kier molecular flexibility index (Phi) is 4.48. The van der Waals surface area contributed by atoms with E-state index in [0.717, 1.165) is 5.56 Å². The number of carbonyl (C=O) groups is 1. The summed E-state index contributed by atoms with van der Waals surface area (Å²) in [6, 6.07) is 15.9. The van der Waals surface area contributed by atoms with Gasteiger partial charge < -0.3 is 9.84 Å². The van der Waals surface area contributed by atoms with Crippen molar-refractivity contribution in [3.05, 3.63) is 71.8 Å². The summed E-state index contributed by atoms with van der Waals surface area (Å²) in [7, 11) is 0. The Labute approximate surface area is 111 Å². The van der Waals surface area contributed by atoms with Crippen LogP contribution in [0.15, 0.2) is 60.7 Å². The molecule has 0 fully saturated rings. The van der Waals surface area contributed by atoms with Crippen molar-refractivity contribution >= 4 is 12.0 Å². The Hall–Kier alpha value is -2.39. The van der Waals surface area contributed by atoms with Crippen molar-refractivity contribution in [3.8, 4) is 5.75 Å². The molecule has 0 heterocycles. The zero-order chi connectivity index (χ0) is 13.5. The van der Waals surface area contributed by atoms with Gasteiger partial charge in [-0.15, -0.1) is 0 Å². The summed E-state index contributed by atoms with van der Waals surface area (Å²) in [5.41, 5.74) is 1.46. The van der Waals surface area contributed by atoms with Gasteiger partial charge >= 0.3 is 5.97 Å². The smallest absolute Gasteiger partial charge is 0.343 e. The third-order valence-electron chi connectivity index (χ3n) is 2.52. The first-order valence-electron chi connectivity index (χ1n) is 5.94. The molecule has 2 aromatic carbocycles. The lowest BCUT2D eigenvalue weighted by molar-refractivity contribution is 0.0735. The molecule has 2 aromatic rings. The molecule has 0 aliphatic heterocycles. The average Bonchev–Trinajstić information content (AvgIpc) is 2.47. The maximum atomic E-state index is 11.8. The molecular weight excluding hydrogens is 240 g/mol. The number of hydrogen-bond donors (Lipinski definition) is 1. The normalized spacial score (nSPS) is 10.6. The molecule has 0 bridgehead atoms. The van der Waals surface area contributed by atoms with Crippen LogP contribution in [-0.2, 0) is 0 Å². The van der Waals surface area contributed by atoms with Gasteiger partial charge in [0.2, 0.25) is 0 Å². The molecular formula is C16H14O3. The Bertz CT molecular complexity index is 556. The first-order chi connectivity index (χ1) is 9.29. The Balaban J connectivity index is 2.04. The first kappa shape index (κ1) is 13.1. The van der Waals surface area contributed by atoms with E-state index >= 15 is 0 Å². The highest BCUT2D eigenvalue weighted by Gasteiger charge is 2.06. The number of rotatable bonds is 4. The van der Waals surface area contributed by atoms with Crippen LogP contribution in [0.5, 0.6) is 5.75 Å². The zero-order valence-corrected chi connectivity index (χ0v) is 10.3. The number of aliphatic hydroxyl groups excluding tert-OH is 1. The molecule has 0 radical (unpaired) electrons. The van der Waals surface area contributed by atoms with Crippen LogP contribution in [0.3, 0.4) is 0 Å². The van der Waals surface area contributed by atoms with E-state index in [2.05, 4.69) is 0 Å². The van der Waals surface area contributed by atoms with E-state index in [4.69, 9.17) is 9.84 Å². The summed E-state index contributed by atoms with van der Waals surface area (Å²) < 4.78 is 5.25. The van der Waals surface area contributed by atoms with Crippen LogP contribution in [0.4, 0.5) is 0 Å². The van der Waals surface area contributed by atoms with Crippen molar-refractivity contribution < 1.29 is 14.6 Å². The monoisotopic (exact) mass is 254 g/mol. The molecule has 19 heavy (non-hydrogen) atoms. The second-order valence-corrected chi connectivity index (χ2v) is 3.91. The molecule has 3 heteroatoms. The summed E-state index contributed by atoms with van der Waals surface area (Å²) in [6.07, 6.45) is 3.44. The van der Waals surface area contributed by atoms with Crippen LogP contribution in [0, 0.1) is 0 Å². The van der Waals surface area contributed by atoms with Crippen LogP contribution in [-0.4, -0.2) is 17.7 Å². The predicted molar refractivity (Wildman–Crippen MR) is 74.0 cm³/mol. The maximum Gasteiger partial charge on any atom is 0.343 e. The summed E-state index contributed by atoms with van der Waals surface area (Å²) in [6.45, 7) is 0.00471. The third-order valence-corrected chi connectivity index (χ3v) is 2.52. The third kappa shape index (κ3) is 3.79. The van der Waals surface area contributed by atoms with E-state index in [1.807, 2.05) is 18.2 Å². The van der Waals surface area contributed by atoms with Crippen LogP contribution in [0.2, 0.25) is 0 Å². The fraction of sp³-hybridized carbons (Fsp3) is 0.0625. The number of aliphatic hydroxyl groups is 1. The van der Waals surface area contributed by atoms with Crippen molar-refractivity contribution in [2.24, 2.45) is 0 Å². The molecule has 0 unspecified atom stereocenters. The lowest BCUT2D eigenvalue weighted by atomic mass is 10.2. The van der Waals surface area contributed by atoms with E-state index in [9.17, 15) is 4.79 Å². The van der Waals surface area contributed by atoms with Gasteiger partial charge in [0.25, 0.3) is 0 Å². The topological polar surface area (TPSA) is 46.5 Å². The van der Waals surface area contributed by atoms with Crippen molar-refractivity contribution in [1.29, 1.82) is 0 Å². The molecule has 2 rings (SSSR count). The van der Waals surface area contributed by atoms with Gasteiger partial charge in [0.15, 0.2) is 0 Å². The number of esters is 1. The van der Waals surface area contributed by atoms with E-state index in [1.54, 1.807) is 48.6 Å². The van der Waals surface area contributed by atoms with Gasteiger partial charge in [-0.3, -0.25) is 0 Å². The maximum absolute atomic E-state index is 11.8. The van der Waals surface area contributed by atoms with E-state index in [-0.39, 0.29) is 12.6 Å². The summed E-state index contributed by atoms with van der Waals surface area (Å²) in [5.74, 6) is 0.120. The minimum atomic E-state index is -0.376. The van der Waals surface area contributed by atoms with Crippen molar-refractivity contribution in [2.75, 3.05) is 6.61 Å². The Morgan fingerprint density at radius 3 is 2.37 bits per heavy atom. The SMILES string of the molecule is O=C(Oc1ccc(/C=C/CO)cc1)c1ccccc1. The fourth-order valence-electron chi connectivity index (χ4n) is 1.58. The second kappa shape index (κ2) is 6.52. The quantitative estimate of drug-likeness (QED) is 0.674. The lowest BCUT2D eigenvalue weighted by Crippen LogP contribution is -2.07. The van der Waals surface area contributed by atoms with Gasteiger partial charge in [-0.1, -0.05) is 42.5 Å². The highest BCUT2D eigenvalue weighted by atomic mass is 16.5. The molecule has 0 saturated carbocycles. The number of ether oxygens (including phenoxy) is 1. The molecule has 0 aliphatic carbocycles. The second-order valence-electron chi connectivity index (χ2n) is 3.91. The van der Waals surface area contributed by atoms with E-state index in [1.165, 1.54) is 0 Å². The molecule has 1 N–H and O–H groups in total. The molecule has 3 nitrogen and oxygen atoms in total. The minimum absolute atomic E-state index is 0.00471. The van der Waals surface area contributed by atoms with Gasteiger partial charge in [0.1, 0.15) is 5.75 Å². The van der Waals surface area contributed by atoms with Crippen LogP contribution in [0.1, 0.15) is 15.9 Å². The molecule has 0 aromatic heterocycles. The predicted octanol–water partition coefficient (Wildman–Crippen LogP) is 2.91. The van der Waals surface area contributed by atoms with Gasteiger partial charge in [-0.25, -0.2) is 4.79 Å². The van der Waals surface area contributed by atoms with E-state index < -0.39 is 0 Å². The van der Waals surface area contributed by atoms with E-state index in [0.29, 0.717) is 11.3 Å².